The minimum atomic E-state index is -0.256. The molecule has 0 saturated carbocycles. The fourth-order valence-electron chi connectivity index (χ4n) is 2.26. The van der Waals surface area contributed by atoms with Gasteiger partial charge in [0.25, 0.3) is 0 Å². The van der Waals surface area contributed by atoms with E-state index in [2.05, 4.69) is 0 Å². The quantitative estimate of drug-likeness (QED) is 0.296. The highest BCUT2D eigenvalue weighted by atomic mass is 35.5. The first-order chi connectivity index (χ1) is 12.9. The molecule has 0 aliphatic rings. The zero-order chi connectivity index (χ0) is 19.4. The van der Waals surface area contributed by atoms with Crippen LogP contribution in [0, 0.1) is 0 Å². The maximum atomic E-state index is 12.2. The summed E-state index contributed by atoms with van der Waals surface area (Å²) in [5.41, 5.74) is 0.362. The average Bonchev–Trinajstić information content (AvgIpc) is 3.07. The van der Waals surface area contributed by atoms with Gasteiger partial charge in [0, 0.05) is 10.6 Å². The van der Waals surface area contributed by atoms with Gasteiger partial charge in [-0.25, -0.2) is 0 Å². The summed E-state index contributed by atoms with van der Waals surface area (Å²) in [5, 5.41) is 1.59. The Morgan fingerprint density at radius 3 is 2.41 bits per heavy atom. The Morgan fingerprint density at radius 1 is 0.963 bits per heavy atom. The number of furan rings is 1. The second-order valence-corrected chi connectivity index (χ2v) is 7.12. The van der Waals surface area contributed by atoms with E-state index in [1.165, 1.54) is 12.1 Å². The number of ketones is 1. The lowest BCUT2D eigenvalue weighted by Gasteiger charge is -2.07. The van der Waals surface area contributed by atoms with Gasteiger partial charge in [0.2, 0.25) is 0 Å². The number of allylic oxidation sites excluding steroid dienone is 1. The average molecular weight is 442 g/mol. The Balaban J connectivity index is 1.65. The number of para-hydroxylation sites is 1. The number of benzene rings is 2. The second kappa shape index (κ2) is 8.85. The molecule has 1 aromatic heterocycles. The molecule has 0 fully saturated rings. The largest absolute Gasteiger partial charge is 0.483 e. The Kier molecular flexibility index (Phi) is 6.51. The summed E-state index contributed by atoms with van der Waals surface area (Å²) in [5.74, 6) is 1.19. The van der Waals surface area contributed by atoms with Crippen molar-refractivity contribution in [2.24, 2.45) is 0 Å². The van der Waals surface area contributed by atoms with Crippen LogP contribution in [-0.2, 0) is 6.61 Å². The van der Waals surface area contributed by atoms with Crippen LogP contribution in [0.1, 0.15) is 21.9 Å². The highest BCUT2D eigenvalue weighted by molar-refractivity contribution is 6.37. The van der Waals surface area contributed by atoms with E-state index in [0.29, 0.717) is 42.9 Å². The Bertz CT molecular complexity index is 988. The molecule has 0 bridgehead atoms. The van der Waals surface area contributed by atoms with Crippen molar-refractivity contribution in [1.82, 2.24) is 0 Å². The molecule has 0 amide bonds. The van der Waals surface area contributed by atoms with Crippen molar-refractivity contribution in [3.63, 3.8) is 0 Å². The normalized spacial score (nSPS) is 11.1. The van der Waals surface area contributed by atoms with Gasteiger partial charge < -0.3 is 9.15 Å². The molecule has 138 valence electrons. The molecule has 0 radical (unpaired) electrons. The third-order valence-electron chi connectivity index (χ3n) is 3.56. The molecule has 0 unspecified atom stereocenters. The fraction of sp³-hybridized carbons (Fsp3) is 0.0500. The van der Waals surface area contributed by atoms with Crippen LogP contribution >= 0.6 is 46.4 Å². The third kappa shape index (κ3) is 5.08. The van der Waals surface area contributed by atoms with Crippen LogP contribution in [0.5, 0.6) is 5.75 Å². The van der Waals surface area contributed by atoms with Crippen LogP contribution in [0.3, 0.4) is 0 Å². The van der Waals surface area contributed by atoms with E-state index in [9.17, 15) is 4.79 Å². The molecule has 0 spiro atoms. The van der Waals surface area contributed by atoms with E-state index < -0.39 is 0 Å². The lowest BCUT2D eigenvalue weighted by Crippen LogP contribution is -1.95. The molecule has 7 heteroatoms. The summed E-state index contributed by atoms with van der Waals surface area (Å²) in [6.45, 7) is 0.147. The lowest BCUT2D eigenvalue weighted by atomic mass is 10.1. The number of hydrogen-bond donors (Lipinski definition) is 0. The maximum Gasteiger partial charge on any atom is 0.187 e. The van der Waals surface area contributed by atoms with Crippen LogP contribution < -0.4 is 4.74 Å². The molecule has 0 atom stereocenters. The van der Waals surface area contributed by atoms with E-state index in [4.69, 9.17) is 55.6 Å². The van der Waals surface area contributed by atoms with Crippen molar-refractivity contribution < 1.29 is 13.9 Å². The molecule has 0 N–H and O–H groups in total. The zero-order valence-electron chi connectivity index (χ0n) is 13.7. The topological polar surface area (TPSA) is 39.4 Å². The van der Waals surface area contributed by atoms with Crippen molar-refractivity contribution >= 4 is 58.3 Å². The molecule has 0 aliphatic heterocycles. The summed E-state index contributed by atoms with van der Waals surface area (Å²) in [7, 11) is 0. The minimum Gasteiger partial charge on any atom is -0.483 e. The third-order valence-corrected chi connectivity index (χ3v) is 4.70. The van der Waals surface area contributed by atoms with E-state index in [1.807, 2.05) is 0 Å². The van der Waals surface area contributed by atoms with Crippen LogP contribution in [0.4, 0.5) is 0 Å². The number of carbonyl (C=O) groups excluding carboxylic acids is 1. The first kappa shape index (κ1) is 19.8. The van der Waals surface area contributed by atoms with Gasteiger partial charge in [-0.1, -0.05) is 52.5 Å². The SMILES string of the molecule is O=C(/C=C/c1ccc(COc2c(Cl)cccc2Cl)o1)c1ccc(Cl)cc1Cl. The van der Waals surface area contributed by atoms with Gasteiger partial charge in [-0.2, -0.15) is 0 Å². The number of hydrogen-bond acceptors (Lipinski definition) is 3. The Labute approximate surface area is 176 Å². The van der Waals surface area contributed by atoms with Crippen molar-refractivity contribution in [2.75, 3.05) is 0 Å². The predicted molar refractivity (Wildman–Crippen MR) is 109 cm³/mol. The molecule has 0 aliphatic carbocycles. The first-order valence-electron chi connectivity index (χ1n) is 7.77. The van der Waals surface area contributed by atoms with E-state index in [-0.39, 0.29) is 12.4 Å². The van der Waals surface area contributed by atoms with Crippen LogP contribution in [-0.4, -0.2) is 5.78 Å². The molecular formula is C20H12Cl4O3. The van der Waals surface area contributed by atoms with Gasteiger partial charge in [-0.05, 0) is 54.6 Å². The first-order valence-corrected chi connectivity index (χ1v) is 9.28. The van der Waals surface area contributed by atoms with Gasteiger partial charge in [0.05, 0.1) is 15.1 Å². The van der Waals surface area contributed by atoms with E-state index in [0.717, 1.165) is 0 Å². The summed E-state index contributed by atoms with van der Waals surface area (Å²) in [6, 6.07) is 13.3. The lowest BCUT2D eigenvalue weighted by molar-refractivity contribution is 0.104. The van der Waals surface area contributed by atoms with Gasteiger partial charge in [0.15, 0.2) is 11.5 Å². The molecule has 3 nitrogen and oxygen atoms in total. The van der Waals surface area contributed by atoms with Gasteiger partial charge in [-0.15, -0.1) is 0 Å². The van der Waals surface area contributed by atoms with E-state index >= 15 is 0 Å². The molecule has 27 heavy (non-hydrogen) atoms. The molecule has 2 aromatic carbocycles. The highest BCUT2D eigenvalue weighted by Gasteiger charge is 2.10. The standard InChI is InChI=1S/C20H12Cl4O3/c21-12-4-8-15(18(24)10-12)19(25)9-7-13-5-6-14(27-13)11-26-20-16(22)2-1-3-17(20)23/h1-10H,11H2/b9-7+. The second-order valence-electron chi connectivity index (χ2n) is 5.47. The molecule has 3 aromatic rings. The van der Waals surface area contributed by atoms with E-state index in [1.54, 1.807) is 48.5 Å². The number of carbonyl (C=O) groups is 1. The number of rotatable bonds is 6. The zero-order valence-corrected chi connectivity index (χ0v) is 16.7. The fourth-order valence-corrected chi connectivity index (χ4v) is 3.27. The summed E-state index contributed by atoms with van der Waals surface area (Å²) in [4.78, 5) is 12.2. The maximum absolute atomic E-state index is 12.2. The predicted octanol–water partition coefficient (Wildman–Crippen LogP) is 7.37. The molecular weight excluding hydrogens is 430 g/mol. The smallest absolute Gasteiger partial charge is 0.187 e. The van der Waals surface area contributed by atoms with Crippen molar-refractivity contribution in [2.45, 2.75) is 6.61 Å². The Hall–Kier alpha value is -1.91. The number of halogens is 4. The van der Waals surface area contributed by atoms with Gasteiger partial charge >= 0.3 is 0 Å². The molecule has 0 saturated heterocycles. The summed E-state index contributed by atoms with van der Waals surface area (Å²) >= 11 is 24.0. The van der Waals surface area contributed by atoms with Gasteiger partial charge in [-0.3, -0.25) is 4.79 Å². The van der Waals surface area contributed by atoms with Crippen LogP contribution in [0.2, 0.25) is 20.1 Å². The van der Waals surface area contributed by atoms with Gasteiger partial charge in [0.1, 0.15) is 18.1 Å². The van der Waals surface area contributed by atoms with Crippen molar-refractivity contribution in [3.8, 4) is 5.75 Å². The summed E-state index contributed by atoms with van der Waals surface area (Å²) in [6.07, 6.45) is 2.93. The summed E-state index contributed by atoms with van der Waals surface area (Å²) < 4.78 is 11.2. The monoisotopic (exact) mass is 440 g/mol. The van der Waals surface area contributed by atoms with Crippen molar-refractivity contribution in [3.05, 3.63) is 91.8 Å². The molecule has 3 rings (SSSR count). The molecule has 1 heterocycles. The van der Waals surface area contributed by atoms with Crippen LogP contribution in [0.15, 0.2) is 59.0 Å². The number of ether oxygens (including phenoxy) is 1. The van der Waals surface area contributed by atoms with Crippen LogP contribution in [0.25, 0.3) is 6.08 Å². The highest BCUT2D eigenvalue weighted by Crippen LogP contribution is 2.33. The minimum absolute atomic E-state index is 0.147. The Morgan fingerprint density at radius 2 is 1.70 bits per heavy atom. The van der Waals surface area contributed by atoms with Crippen molar-refractivity contribution in [1.29, 1.82) is 0 Å².